The molecule has 0 atom stereocenters. The Balaban J connectivity index is 1.28. The van der Waals surface area contributed by atoms with E-state index in [1.54, 1.807) is 47.4 Å². The normalized spacial score (nSPS) is 14.1. The minimum absolute atomic E-state index is 0.0605. The summed E-state index contributed by atoms with van der Waals surface area (Å²) in [7, 11) is -3.78. The van der Waals surface area contributed by atoms with Gasteiger partial charge in [0.25, 0.3) is 15.9 Å². The summed E-state index contributed by atoms with van der Waals surface area (Å²) in [5.74, 6) is -0.0856. The molecule has 1 N–H and O–H groups in total. The Labute approximate surface area is 202 Å². The van der Waals surface area contributed by atoms with Gasteiger partial charge in [0.05, 0.1) is 10.6 Å². The highest BCUT2D eigenvalue weighted by Gasteiger charge is 2.23. The lowest BCUT2D eigenvalue weighted by atomic mass is 10.2. The zero-order chi connectivity index (χ0) is 24.1. The van der Waals surface area contributed by atoms with E-state index in [0.29, 0.717) is 48.3 Å². The number of piperazine rings is 1. The van der Waals surface area contributed by atoms with Gasteiger partial charge in [-0.05, 0) is 60.7 Å². The highest BCUT2D eigenvalue weighted by molar-refractivity contribution is 7.92. The van der Waals surface area contributed by atoms with Crippen molar-refractivity contribution in [3.8, 4) is 5.75 Å². The monoisotopic (exact) mass is 503 g/mol. The van der Waals surface area contributed by atoms with Crippen LogP contribution in [0.1, 0.15) is 0 Å². The standard InChI is InChI=1S/C24H23ClFN3O4S/c25-18-5-7-19(8-6-18)27-34(31,32)21-11-9-20(10-12-21)33-17-24(30)29-15-13-28(14-16-29)23-4-2-1-3-22(23)26/h1-12,27H,13-17H2. The summed E-state index contributed by atoms with van der Waals surface area (Å²) in [6.07, 6.45) is 0. The first-order valence-corrected chi connectivity index (χ1v) is 12.5. The SMILES string of the molecule is O=C(COc1ccc(S(=O)(=O)Nc2ccc(Cl)cc2)cc1)N1CCN(c2ccccc2F)CC1. The number of amides is 1. The molecule has 0 aliphatic carbocycles. The second-order valence-corrected chi connectivity index (χ2v) is 9.81. The molecule has 0 radical (unpaired) electrons. The Kier molecular flexibility index (Phi) is 7.23. The van der Waals surface area contributed by atoms with Gasteiger partial charge in [0.1, 0.15) is 11.6 Å². The minimum Gasteiger partial charge on any atom is -0.484 e. The average molecular weight is 504 g/mol. The summed E-state index contributed by atoms with van der Waals surface area (Å²) >= 11 is 5.82. The van der Waals surface area contributed by atoms with E-state index in [0.717, 1.165) is 0 Å². The number of hydrogen-bond donors (Lipinski definition) is 1. The fourth-order valence-electron chi connectivity index (χ4n) is 3.59. The third-order valence-electron chi connectivity index (χ3n) is 5.42. The highest BCUT2D eigenvalue weighted by atomic mass is 35.5. The number of para-hydroxylation sites is 1. The molecule has 1 aliphatic rings. The third kappa shape index (κ3) is 5.78. The summed E-state index contributed by atoms with van der Waals surface area (Å²) in [6.45, 7) is 1.81. The van der Waals surface area contributed by atoms with Crippen molar-refractivity contribution in [2.24, 2.45) is 0 Å². The smallest absolute Gasteiger partial charge is 0.261 e. The number of benzene rings is 3. The van der Waals surface area contributed by atoms with E-state index in [-0.39, 0.29) is 23.2 Å². The van der Waals surface area contributed by atoms with Crippen LogP contribution in [-0.4, -0.2) is 52.0 Å². The summed E-state index contributed by atoms with van der Waals surface area (Å²) in [5, 5.41) is 0.506. The lowest BCUT2D eigenvalue weighted by Crippen LogP contribution is -2.50. The third-order valence-corrected chi connectivity index (χ3v) is 7.07. The molecular formula is C24H23ClFN3O4S. The number of halogens is 2. The number of carbonyl (C=O) groups is 1. The molecule has 34 heavy (non-hydrogen) atoms. The maximum Gasteiger partial charge on any atom is 0.261 e. The van der Waals surface area contributed by atoms with Crippen LogP contribution < -0.4 is 14.4 Å². The molecule has 0 saturated carbocycles. The van der Waals surface area contributed by atoms with Crippen molar-refractivity contribution in [2.45, 2.75) is 4.90 Å². The molecule has 0 bridgehead atoms. The van der Waals surface area contributed by atoms with Crippen LogP contribution in [0.2, 0.25) is 5.02 Å². The number of nitrogens with zero attached hydrogens (tertiary/aromatic N) is 2. The van der Waals surface area contributed by atoms with Crippen LogP contribution in [-0.2, 0) is 14.8 Å². The fraction of sp³-hybridized carbons (Fsp3) is 0.208. The van der Waals surface area contributed by atoms with Gasteiger partial charge in [0, 0.05) is 36.9 Å². The van der Waals surface area contributed by atoms with Crippen molar-refractivity contribution in [1.29, 1.82) is 0 Å². The molecule has 3 aromatic carbocycles. The molecule has 0 aromatic heterocycles. The lowest BCUT2D eigenvalue weighted by Gasteiger charge is -2.36. The van der Waals surface area contributed by atoms with Crippen molar-refractivity contribution < 1.29 is 22.3 Å². The number of hydrogen-bond acceptors (Lipinski definition) is 5. The summed E-state index contributed by atoms with van der Waals surface area (Å²) in [4.78, 5) is 16.2. The van der Waals surface area contributed by atoms with Gasteiger partial charge in [0.15, 0.2) is 6.61 Å². The van der Waals surface area contributed by atoms with E-state index in [1.165, 1.54) is 30.3 Å². The number of nitrogens with one attached hydrogen (secondary N) is 1. The van der Waals surface area contributed by atoms with Gasteiger partial charge in [-0.2, -0.15) is 0 Å². The molecule has 1 aliphatic heterocycles. The van der Waals surface area contributed by atoms with Crippen molar-refractivity contribution in [1.82, 2.24) is 4.90 Å². The van der Waals surface area contributed by atoms with Crippen molar-refractivity contribution in [3.63, 3.8) is 0 Å². The van der Waals surface area contributed by atoms with Crippen LogP contribution in [0.5, 0.6) is 5.75 Å². The predicted molar refractivity (Wildman–Crippen MR) is 129 cm³/mol. The molecule has 1 heterocycles. The van der Waals surface area contributed by atoms with Crippen LogP contribution in [0, 0.1) is 5.82 Å². The molecule has 4 rings (SSSR count). The van der Waals surface area contributed by atoms with Crippen molar-refractivity contribution in [3.05, 3.63) is 83.6 Å². The van der Waals surface area contributed by atoms with Crippen LogP contribution in [0.25, 0.3) is 0 Å². The second-order valence-electron chi connectivity index (χ2n) is 7.69. The molecule has 3 aromatic rings. The van der Waals surface area contributed by atoms with Crippen LogP contribution >= 0.6 is 11.6 Å². The molecule has 1 fully saturated rings. The van der Waals surface area contributed by atoms with Crippen LogP contribution in [0.3, 0.4) is 0 Å². The van der Waals surface area contributed by atoms with E-state index in [2.05, 4.69) is 4.72 Å². The van der Waals surface area contributed by atoms with E-state index in [1.807, 2.05) is 4.90 Å². The quantitative estimate of drug-likeness (QED) is 0.527. The molecule has 7 nitrogen and oxygen atoms in total. The molecule has 1 saturated heterocycles. The molecule has 1 amide bonds. The van der Waals surface area contributed by atoms with Gasteiger partial charge in [0.2, 0.25) is 0 Å². The molecule has 0 unspecified atom stereocenters. The Hall–Kier alpha value is -3.30. The van der Waals surface area contributed by atoms with Gasteiger partial charge in [-0.25, -0.2) is 12.8 Å². The van der Waals surface area contributed by atoms with E-state index in [4.69, 9.17) is 16.3 Å². The molecular weight excluding hydrogens is 481 g/mol. The summed E-state index contributed by atoms with van der Waals surface area (Å²) in [6, 6.07) is 18.7. The number of anilines is 2. The fourth-order valence-corrected chi connectivity index (χ4v) is 4.77. The Morgan fingerprint density at radius 1 is 0.941 bits per heavy atom. The molecule has 0 spiro atoms. The van der Waals surface area contributed by atoms with Crippen LogP contribution in [0.4, 0.5) is 15.8 Å². The predicted octanol–water partition coefficient (Wildman–Crippen LogP) is 4.01. The Morgan fingerprint density at radius 3 is 2.24 bits per heavy atom. The zero-order valence-corrected chi connectivity index (χ0v) is 19.7. The van der Waals surface area contributed by atoms with E-state index < -0.39 is 10.0 Å². The highest BCUT2D eigenvalue weighted by Crippen LogP contribution is 2.22. The first-order valence-electron chi connectivity index (χ1n) is 10.6. The van der Waals surface area contributed by atoms with Gasteiger partial charge in [-0.15, -0.1) is 0 Å². The Bertz CT molecular complexity index is 1250. The second kappa shape index (κ2) is 10.3. The van der Waals surface area contributed by atoms with Crippen molar-refractivity contribution in [2.75, 3.05) is 42.4 Å². The molecule has 178 valence electrons. The van der Waals surface area contributed by atoms with Gasteiger partial charge < -0.3 is 14.5 Å². The maximum absolute atomic E-state index is 14.0. The minimum atomic E-state index is -3.78. The van der Waals surface area contributed by atoms with Gasteiger partial charge >= 0.3 is 0 Å². The molecule has 10 heteroatoms. The topological polar surface area (TPSA) is 78.9 Å². The Morgan fingerprint density at radius 2 is 1.59 bits per heavy atom. The number of ether oxygens (including phenoxy) is 1. The first kappa shape index (κ1) is 23.8. The number of carbonyl (C=O) groups excluding carboxylic acids is 1. The number of rotatable bonds is 7. The van der Waals surface area contributed by atoms with Gasteiger partial charge in [-0.1, -0.05) is 23.7 Å². The van der Waals surface area contributed by atoms with Gasteiger partial charge in [-0.3, -0.25) is 9.52 Å². The first-order chi connectivity index (χ1) is 16.3. The van der Waals surface area contributed by atoms with Crippen LogP contribution in [0.15, 0.2) is 77.7 Å². The number of sulfonamides is 1. The summed E-state index contributed by atoms with van der Waals surface area (Å²) < 4.78 is 47.1. The zero-order valence-electron chi connectivity index (χ0n) is 18.2. The van der Waals surface area contributed by atoms with E-state index >= 15 is 0 Å². The van der Waals surface area contributed by atoms with Crippen molar-refractivity contribution >= 4 is 38.9 Å². The van der Waals surface area contributed by atoms with E-state index in [9.17, 15) is 17.6 Å². The average Bonchev–Trinajstić information content (AvgIpc) is 2.84. The maximum atomic E-state index is 14.0. The largest absolute Gasteiger partial charge is 0.484 e. The summed E-state index contributed by atoms with van der Waals surface area (Å²) in [5.41, 5.74) is 0.928. The lowest BCUT2D eigenvalue weighted by molar-refractivity contribution is -0.133.